The molecule has 0 amide bonds. The molecule has 1 fully saturated rings. The van der Waals surface area contributed by atoms with E-state index in [1.807, 2.05) is 6.07 Å². The normalized spacial score (nSPS) is 13.7. The number of nitrogens with two attached hydrogens (primary N) is 1. The number of ether oxygens (including phenoxy) is 2. The molecule has 0 saturated carbocycles. The van der Waals surface area contributed by atoms with Gasteiger partial charge in [-0.05, 0) is 42.7 Å². The summed E-state index contributed by atoms with van der Waals surface area (Å²) in [4.78, 5) is 18.8. The Morgan fingerprint density at radius 3 is 2.35 bits per heavy atom. The van der Waals surface area contributed by atoms with Crippen molar-refractivity contribution in [2.75, 3.05) is 32.2 Å². The van der Waals surface area contributed by atoms with Crippen LogP contribution in [0, 0.1) is 17.1 Å². The third kappa shape index (κ3) is 4.86. The van der Waals surface area contributed by atoms with Crippen molar-refractivity contribution in [3.8, 4) is 40.0 Å². The molecule has 3 N–H and O–H groups in total. The largest absolute Gasteiger partial charge is 0.493 e. The molecule has 0 unspecified atom stereocenters. The van der Waals surface area contributed by atoms with Gasteiger partial charge in [0.15, 0.2) is 16.9 Å². The van der Waals surface area contributed by atoms with Gasteiger partial charge in [-0.15, -0.1) is 12.4 Å². The minimum Gasteiger partial charge on any atom is -0.493 e. The van der Waals surface area contributed by atoms with Crippen molar-refractivity contribution in [3.05, 3.63) is 64.1 Å². The lowest BCUT2D eigenvalue weighted by atomic mass is 9.97. The minimum absolute atomic E-state index is 0. The molecule has 0 radical (unpaired) electrons. The van der Waals surface area contributed by atoms with Gasteiger partial charge < -0.3 is 25.1 Å². The highest BCUT2D eigenvalue weighted by Gasteiger charge is 2.21. The van der Waals surface area contributed by atoms with E-state index in [1.165, 1.54) is 26.4 Å². The van der Waals surface area contributed by atoms with E-state index in [0.29, 0.717) is 52.8 Å². The number of benzene rings is 2. The molecule has 178 valence electrons. The van der Waals surface area contributed by atoms with Crippen LogP contribution in [0.5, 0.6) is 11.5 Å². The maximum Gasteiger partial charge on any atom is 0.192 e. The number of hydrogen-bond donors (Lipinski definition) is 2. The molecule has 0 atom stereocenters. The number of rotatable bonds is 5. The summed E-state index contributed by atoms with van der Waals surface area (Å²) in [6.45, 7) is 1.43. The summed E-state index contributed by atoms with van der Waals surface area (Å²) in [6, 6.07) is 13.0. The van der Waals surface area contributed by atoms with Gasteiger partial charge in [0, 0.05) is 30.8 Å². The van der Waals surface area contributed by atoms with Crippen LogP contribution in [0.4, 0.5) is 10.2 Å². The predicted molar refractivity (Wildman–Crippen MR) is 132 cm³/mol. The fraction of sp³-hybridized carbons (Fsp3) is 0.280. The van der Waals surface area contributed by atoms with Crippen molar-refractivity contribution in [1.82, 2.24) is 4.98 Å². The topological polar surface area (TPSA) is 104 Å². The third-order valence-electron chi connectivity index (χ3n) is 5.95. The van der Waals surface area contributed by atoms with E-state index in [2.05, 4.69) is 9.88 Å². The number of anilines is 1. The second-order valence-corrected chi connectivity index (χ2v) is 7.97. The van der Waals surface area contributed by atoms with Gasteiger partial charge in [0.1, 0.15) is 17.7 Å². The van der Waals surface area contributed by atoms with Crippen LogP contribution in [-0.2, 0) is 0 Å². The Kier molecular flexibility index (Phi) is 7.82. The molecule has 34 heavy (non-hydrogen) atoms. The molecular formula is C25H26ClFN4O3. The van der Waals surface area contributed by atoms with E-state index < -0.39 is 5.82 Å². The molecule has 0 spiro atoms. The summed E-state index contributed by atoms with van der Waals surface area (Å²) in [5.74, 6) is 1.00. The smallest absolute Gasteiger partial charge is 0.192 e. The van der Waals surface area contributed by atoms with Gasteiger partial charge in [0.25, 0.3) is 0 Å². The van der Waals surface area contributed by atoms with Crippen LogP contribution in [-0.4, -0.2) is 38.3 Å². The number of hydrogen-bond acceptors (Lipinski definition) is 6. The first-order valence-electron chi connectivity index (χ1n) is 10.7. The van der Waals surface area contributed by atoms with Crippen molar-refractivity contribution in [3.63, 3.8) is 0 Å². The molecule has 4 rings (SSSR count). The van der Waals surface area contributed by atoms with Crippen LogP contribution in [0.25, 0.3) is 22.4 Å². The monoisotopic (exact) mass is 484 g/mol. The highest BCUT2D eigenvalue weighted by atomic mass is 35.5. The van der Waals surface area contributed by atoms with E-state index in [1.54, 1.807) is 30.3 Å². The SMILES string of the molecule is COc1ccc(-c2c(-c3ccc(C#N)c(F)c3)[nH]c(N3CCC(N)CC3)cc2=O)cc1OC.Cl. The third-order valence-corrected chi connectivity index (χ3v) is 5.95. The molecule has 1 aliphatic rings. The van der Waals surface area contributed by atoms with Gasteiger partial charge >= 0.3 is 0 Å². The molecule has 1 aliphatic heterocycles. The van der Waals surface area contributed by atoms with E-state index in [0.717, 1.165) is 12.8 Å². The van der Waals surface area contributed by atoms with Crippen LogP contribution in [0.15, 0.2) is 47.3 Å². The van der Waals surface area contributed by atoms with Crippen LogP contribution in [0.3, 0.4) is 0 Å². The first-order chi connectivity index (χ1) is 15.9. The molecule has 1 aromatic heterocycles. The van der Waals surface area contributed by atoms with Crippen molar-refractivity contribution >= 4 is 18.2 Å². The van der Waals surface area contributed by atoms with E-state index >= 15 is 0 Å². The Morgan fingerprint density at radius 2 is 1.74 bits per heavy atom. The Bertz CT molecular complexity index is 1280. The zero-order chi connectivity index (χ0) is 23.5. The highest BCUT2D eigenvalue weighted by Crippen LogP contribution is 2.36. The van der Waals surface area contributed by atoms with Crippen molar-refractivity contribution in [2.45, 2.75) is 18.9 Å². The number of H-pyrrole nitrogens is 1. The summed E-state index contributed by atoms with van der Waals surface area (Å²) in [6.07, 6.45) is 1.64. The molecular weight excluding hydrogens is 459 g/mol. The van der Waals surface area contributed by atoms with Crippen molar-refractivity contribution in [1.29, 1.82) is 5.26 Å². The standard InChI is InChI=1S/C25H25FN4O3.ClH/c1-32-21-6-5-15(12-22(21)33-2)24-20(31)13-23(30-9-7-18(28)8-10-30)29-25(24)16-3-4-17(14-27)19(26)11-16;/h3-6,11-13,18H,7-10,28H2,1-2H3,(H,29,31);1H. The molecule has 2 aromatic carbocycles. The summed E-state index contributed by atoms with van der Waals surface area (Å²) in [5, 5.41) is 9.11. The lowest BCUT2D eigenvalue weighted by Gasteiger charge is -2.32. The minimum atomic E-state index is -0.650. The van der Waals surface area contributed by atoms with Gasteiger partial charge in [0.2, 0.25) is 0 Å². The fourth-order valence-corrected chi connectivity index (χ4v) is 4.11. The first kappa shape index (κ1) is 25.1. The lowest BCUT2D eigenvalue weighted by molar-refractivity contribution is 0.355. The number of aromatic nitrogens is 1. The van der Waals surface area contributed by atoms with E-state index in [-0.39, 0.29) is 29.4 Å². The Hall–Kier alpha value is -3.54. The molecule has 9 heteroatoms. The fourth-order valence-electron chi connectivity index (χ4n) is 4.11. The Morgan fingerprint density at radius 1 is 1.06 bits per heavy atom. The summed E-state index contributed by atoms with van der Waals surface area (Å²) < 4.78 is 25.2. The first-order valence-corrected chi connectivity index (χ1v) is 10.7. The number of aromatic amines is 1. The molecule has 7 nitrogen and oxygen atoms in total. The van der Waals surface area contributed by atoms with Crippen LogP contribution < -0.4 is 25.5 Å². The maximum absolute atomic E-state index is 14.5. The van der Waals surface area contributed by atoms with Gasteiger partial charge in [-0.25, -0.2) is 4.39 Å². The highest BCUT2D eigenvalue weighted by molar-refractivity contribution is 5.85. The summed E-state index contributed by atoms with van der Waals surface area (Å²) >= 11 is 0. The van der Waals surface area contributed by atoms with Gasteiger partial charge in [0.05, 0.1) is 31.0 Å². The zero-order valence-corrected chi connectivity index (χ0v) is 19.7. The molecule has 3 aromatic rings. The number of nitriles is 1. The predicted octanol–water partition coefficient (Wildman–Crippen LogP) is 4.09. The zero-order valence-electron chi connectivity index (χ0n) is 18.9. The summed E-state index contributed by atoms with van der Waals surface area (Å²) in [7, 11) is 3.06. The van der Waals surface area contributed by atoms with Gasteiger partial charge in [-0.3, -0.25) is 4.79 Å². The van der Waals surface area contributed by atoms with Crippen molar-refractivity contribution < 1.29 is 13.9 Å². The number of methoxy groups -OCH3 is 2. The van der Waals surface area contributed by atoms with E-state index in [4.69, 9.17) is 20.5 Å². The molecule has 1 saturated heterocycles. The number of pyridine rings is 1. The second-order valence-electron chi connectivity index (χ2n) is 7.97. The number of piperidine rings is 1. The quantitative estimate of drug-likeness (QED) is 0.565. The maximum atomic E-state index is 14.5. The van der Waals surface area contributed by atoms with Crippen LogP contribution in [0.1, 0.15) is 18.4 Å². The average Bonchev–Trinajstić information content (AvgIpc) is 2.83. The van der Waals surface area contributed by atoms with Crippen LogP contribution in [0.2, 0.25) is 0 Å². The van der Waals surface area contributed by atoms with Crippen LogP contribution >= 0.6 is 12.4 Å². The van der Waals surface area contributed by atoms with Crippen molar-refractivity contribution in [2.24, 2.45) is 5.73 Å². The summed E-state index contributed by atoms with van der Waals surface area (Å²) in [5.41, 5.74) is 7.65. The van der Waals surface area contributed by atoms with E-state index in [9.17, 15) is 9.18 Å². The number of halogens is 2. The number of nitrogens with zero attached hydrogens (tertiary/aromatic N) is 2. The molecule has 2 heterocycles. The Labute approximate surface area is 203 Å². The lowest BCUT2D eigenvalue weighted by Crippen LogP contribution is -2.40. The number of nitrogens with one attached hydrogen (secondary N) is 1. The second kappa shape index (κ2) is 10.6. The van der Waals surface area contributed by atoms with Gasteiger partial charge in [-0.2, -0.15) is 5.26 Å². The molecule has 0 aliphatic carbocycles. The average molecular weight is 485 g/mol. The molecule has 0 bridgehead atoms. The Balaban J connectivity index is 0.00000324. The van der Waals surface area contributed by atoms with Gasteiger partial charge in [-0.1, -0.05) is 12.1 Å².